The number of rotatable bonds is 8. The minimum atomic E-state index is 0.435. The molecule has 2 aromatic rings. The van der Waals surface area contributed by atoms with Crippen LogP contribution in [-0.4, -0.2) is 6.21 Å². The fourth-order valence-electron chi connectivity index (χ4n) is 4.36. The van der Waals surface area contributed by atoms with Crippen molar-refractivity contribution in [3.63, 3.8) is 0 Å². The van der Waals surface area contributed by atoms with E-state index in [-0.39, 0.29) is 0 Å². The minimum absolute atomic E-state index is 0.435. The maximum atomic E-state index is 5.03. The molecule has 0 aliphatic heterocycles. The molecule has 0 unspecified atom stereocenters. The van der Waals surface area contributed by atoms with Gasteiger partial charge < -0.3 is 5.32 Å². The molecule has 1 N–H and O–H groups in total. The summed E-state index contributed by atoms with van der Waals surface area (Å²) in [7, 11) is 0. The molecule has 1 aliphatic rings. The minimum Gasteiger partial charge on any atom is -0.361 e. The van der Waals surface area contributed by atoms with E-state index >= 15 is 0 Å². The van der Waals surface area contributed by atoms with E-state index in [4.69, 9.17) is 4.99 Å². The van der Waals surface area contributed by atoms with E-state index in [2.05, 4.69) is 122 Å². The second kappa shape index (κ2) is 10.8. The molecule has 0 heterocycles. The molecule has 0 aromatic heterocycles. The van der Waals surface area contributed by atoms with Crippen molar-refractivity contribution in [1.29, 1.82) is 0 Å². The van der Waals surface area contributed by atoms with E-state index in [9.17, 15) is 0 Å². The largest absolute Gasteiger partial charge is 0.361 e. The van der Waals surface area contributed by atoms with Crippen LogP contribution in [0.1, 0.15) is 101 Å². The highest BCUT2D eigenvalue weighted by Crippen LogP contribution is 2.35. The highest BCUT2D eigenvalue weighted by molar-refractivity contribution is 5.90. The zero-order valence-electron chi connectivity index (χ0n) is 21.6. The fourth-order valence-corrected chi connectivity index (χ4v) is 4.36. The third kappa shape index (κ3) is 5.74. The second-order valence-corrected chi connectivity index (χ2v) is 10.2. The van der Waals surface area contributed by atoms with Crippen molar-refractivity contribution in [2.24, 2.45) is 4.99 Å². The number of nitrogens with one attached hydrogen (secondary N) is 1. The molecule has 2 nitrogen and oxygen atoms in total. The molecule has 1 aliphatic carbocycles. The summed E-state index contributed by atoms with van der Waals surface area (Å²) in [5, 5.41) is 3.66. The maximum Gasteiger partial charge on any atom is 0.0699 e. The molecule has 0 spiro atoms. The van der Waals surface area contributed by atoms with E-state index in [1.165, 1.54) is 27.9 Å². The van der Waals surface area contributed by atoms with Crippen molar-refractivity contribution in [2.75, 3.05) is 5.32 Å². The molecule has 3 rings (SSSR count). The number of benzene rings is 2. The molecule has 0 fully saturated rings. The molecule has 0 atom stereocenters. The Morgan fingerprint density at radius 1 is 0.697 bits per heavy atom. The van der Waals surface area contributed by atoms with Gasteiger partial charge in [0, 0.05) is 23.7 Å². The standard InChI is InChI=1S/C31H40N2/c1-20(2)26-14-10-15-27(21(3)4)30(26)32-18-24-12-9-13-25(24)19-33-31-28(22(5)6)16-11-17-29(31)23(7)8/h9-23,32H,1-8H3/b24-18-,33-19?. The van der Waals surface area contributed by atoms with Crippen LogP contribution in [0.4, 0.5) is 11.4 Å². The highest BCUT2D eigenvalue weighted by Gasteiger charge is 2.15. The zero-order valence-corrected chi connectivity index (χ0v) is 21.6. The zero-order chi connectivity index (χ0) is 24.1. The van der Waals surface area contributed by atoms with Crippen LogP contribution < -0.4 is 5.32 Å². The van der Waals surface area contributed by atoms with Crippen LogP contribution in [0.25, 0.3) is 0 Å². The van der Waals surface area contributed by atoms with Gasteiger partial charge in [0.1, 0.15) is 0 Å². The van der Waals surface area contributed by atoms with Crippen LogP contribution in [0, 0.1) is 0 Å². The van der Waals surface area contributed by atoms with Crippen LogP contribution in [0.15, 0.2) is 77.0 Å². The van der Waals surface area contributed by atoms with E-state index in [1.807, 2.05) is 6.21 Å². The maximum absolute atomic E-state index is 5.03. The average molecular weight is 441 g/mol. The van der Waals surface area contributed by atoms with E-state index in [0.717, 1.165) is 16.8 Å². The summed E-state index contributed by atoms with van der Waals surface area (Å²) in [5.74, 6) is 1.79. The summed E-state index contributed by atoms with van der Waals surface area (Å²) < 4.78 is 0. The molecular weight excluding hydrogens is 400 g/mol. The van der Waals surface area contributed by atoms with Gasteiger partial charge >= 0.3 is 0 Å². The van der Waals surface area contributed by atoms with Crippen molar-refractivity contribution in [2.45, 2.75) is 79.1 Å². The summed E-state index contributed by atoms with van der Waals surface area (Å²) in [5.41, 5.74) is 9.95. The third-order valence-corrected chi connectivity index (χ3v) is 6.31. The summed E-state index contributed by atoms with van der Waals surface area (Å²) in [4.78, 5) is 5.03. The summed E-state index contributed by atoms with van der Waals surface area (Å²) in [6.07, 6.45) is 10.6. The van der Waals surface area contributed by atoms with E-state index in [0.29, 0.717) is 23.7 Å². The van der Waals surface area contributed by atoms with Crippen LogP contribution in [-0.2, 0) is 0 Å². The van der Waals surface area contributed by atoms with E-state index in [1.54, 1.807) is 0 Å². The van der Waals surface area contributed by atoms with Crippen LogP contribution in [0.2, 0.25) is 0 Å². The molecule has 0 saturated heterocycles. The Bertz CT molecular complexity index is 1040. The Balaban J connectivity index is 1.93. The topological polar surface area (TPSA) is 24.4 Å². The number of para-hydroxylation sites is 2. The molecule has 2 heteroatoms. The predicted octanol–water partition coefficient (Wildman–Crippen LogP) is 9.37. The van der Waals surface area contributed by atoms with Gasteiger partial charge in [-0.3, -0.25) is 4.99 Å². The molecule has 0 saturated carbocycles. The first-order valence-corrected chi connectivity index (χ1v) is 12.4. The van der Waals surface area contributed by atoms with Gasteiger partial charge in [-0.25, -0.2) is 0 Å². The van der Waals surface area contributed by atoms with Gasteiger partial charge in [0.05, 0.1) is 5.69 Å². The van der Waals surface area contributed by atoms with Gasteiger partial charge in [0.15, 0.2) is 0 Å². The lowest BCUT2D eigenvalue weighted by molar-refractivity contribution is 0.835. The normalized spacial score (nSPS) is 15.2. The lowest BCUT2D eigenvalue weighted by Crippen LogP contribution is -2.04. The first-order valence-electron chi connectivity index (χ1n) is 12.4. The fraction of sp³-hybridized carbons (Fsp3) is 0.387. The number of hydrogen-bond donors (Lipinski definition) is 1. The van der Waals surface area contributed by atoms with Crippen LogP contribution >= 0.6 is 0 Å². The molecule has 33 heavy (non-hydrogen) atoms. The Labute approximate surface area is 201 Å². The van der Waals surface area contributed by atoms with Gasteiger partial charge in [0.25, 0.3) is 0 Å². The summed E-state index contributed by atoms with van der Waals surface area (Å²) in [6, 6.07) is 13.2. The Hall–Kier alpha value is -2.87. The lowest BCUT2D eigenvalue weighted by Gasteiger charge is -2.19. The van der Waals surface area contributed by atoms with Crippen molar-refractivity contribution in [3.8, 4) is 0 Å². The monoisotopic (exact) mass is 440 g/mol. The number of aliphatic imine (C=N–C) groups is 1. The average Bonchev–Trinajstić information content (AvgIpc) is 3.22. The smallest absolute Gasteiger partial charge is 0.0699 e. The summed E-state index contributed by atoms with van der Waals surface area (Å²) >= 11 is 0. The van der Waals surface area contributed by atoms with Gasteiger partial charge in [-0.05, 0) is 51.5 Å². The van der Waals surface area contributed by atoms with Gasteiger partial charge in [0.2, 0.25) is 0 Å². The van der Waals surface area contributed by atoms with Crippen molar-refractivity contribution in [1.82, 2.24) is 0 Å². The quantitative estimate of drug-likeness (QED) is 0.406. The molecule has 2 aromatic carbocycles. The Morgan fingerprint density at radius 2 is 1.18 bits per heavy atom. The highest BCUT2D eigenvalue weighted by atomic mass is 14.9. The molecule has 0 bridgehead atoms. The van der Waals surface area contributed by atoms with Crippen LogP contribution in [0.3, 0.4) is 0 Å². The lowest BCUT2D eigenvalue weighted by atomic mass is 9.92. The molecule has 174 valence electrons. The molecular formula is C31H40N2. The van der Waals surface area contributed by atoms with Gasteiger partial charge in [-0.15, -0.1) is 0 Å². The Kier molecular flexibility index (Phi) is 8.13. The van der Waals surface area contributed by atoms with Gasteiger partial charge in [-0.2, -0.15) is 0 Å². The van der Waals surface area contributed by atoms with Crippen LogP contribution in [0.5, 0.6) is 0 Å². The second-order valence-electron chi connectivity index (χ2n) is 10.2. The first kappa shape index (κ1) is 24.8. The van der Waals surface area contributed by atoms with Crippen molar-refractivity contribution in [3.05, 3.63) is 94.2 Å². The number of anilines is 1. The predicted molar refractivity (Wildman–Crippen MR) is 146 cm³/mol. The first-order chi connectivity index (χ1) is 15.7. The molecule has 0 amide bonds. The number of allylic oxidation sites excluding steroid dienone is 5. The third-order valence-electron chi connectivity index (χ3n) is 6.31. The number of nitrogens with zero attached hydrogens (tertiary/aromatic N) is 1. The molecule has 0 radical (unpaired) electrons. The number of hydrogen-bond acceptors (Lipinski definition) is 2. The SMILES string of the molecule is CC(C)c1cccc(C(C)C)c1N=CC1=CC=C/C1=C/Nc1c(C(C)C)cccc1C(C)C. The van der Waals surface area contributed by atoms with Crippen molar-refractivity contribution >= 4 is 17.6 Å². The van der Waals surface area contributed by atoms with Crippen molar-refractivity contribution < 1.29 is 0 Å². The van der Waals surface area contributed by atoms with Gasteiger partial charge in [-0.1, -0.05) is 110 Å². The Morgan fingerprint density at radius 3 is 1.67 bits per heavy atom. The van der Waals surface area contributed by atoms with E-state index < -0.39 is 0 Å². The summed E-state index contributed by atoms with van der Waals surface area (Å²) in [6.45, 7) is 18.0.